The van der Waals surface area contributed by atoms with Crippen molar-refractivity contribution in [3.63, 3.8) is 0 Å². The summed E-state index contributed by atoms with van der Waals surface area (Å²) in [4.78, 5) is 13.1. The minimum atomic E-state index is -0.00208. The lowest BCUT2D eigenvalue weighted by Gasteiger charge is -2.22. The number of benzene rings is 1. The molecule has 82 valence electrons. The number of carbonyl (C=O) groups excluding carboxylic acids is 1. The molecule has 1 amide bonds. The maximum Gasteiger partial charge on any atom is 0.225 e. The number of amides is 1. The zero-order chi connectivity index (χ0) is 11.3. The third-order valence-electron chi connectivity index (χ3n) is 2.21. The van der Waals surface area contributed by atoms with Crippen molar-refractivity contribution < 1.29 is 9.53 Å². The summed E-state index contributed by atoms with van der Waals surface area (Å²) >= 11 is 0. The van der Waals surface area contributed by atoms with E-state index in [0.29, 0.717) is 13.3 Å². The van der Waals surface area contributed by atoms with Gasteiger partial charge < -0.3 is 4.74 Å². The minimum Gasteiger partial charge on any atom is -0.361 e. The van der Waals surface area contributed by atoms with Gasteiger partial charge in [-0.15, -0.1) is 0 Å². The van der Waals surface area contributed by atoms with Crippen LogP contribution in [-0.2, 0) is 9.53 Å². The van der Waals surface area contributed by atoms with E-state index in [0.717, 1.165) is 11.3 Å². The van der Waals surface area contributed by atoms with E-state index in [1.807, 2.05) is 38.1 Å². The SMILES string of the molecule is CCOCN(C(C)=O)c1ccccc1C. The normalized spacial score (nSPS) is 10.1. The van der Waals surface area contributed by atoms with Crippen LogP contribution in [0.1, 0.15) is 19.4 Å². The fourth-order valence-electron chi connectivity index (χ4n) is 1.38. The Morgan fingerprint density at radius 2 is 2.07 bits per heavy atom. The first kappa shape index (κ1) is 11.7. The smallest absolute Gasteiger partial charge is 0.225 e. The molecule has 0 atom stereocenters. The van der Waals surface area contributed by atoms with Crippen LogP contribution in [0.2, 0.25) is 0 Å². The minimum absolute atomic E-state index is 0.00208. The quantitative estimate of drug-likeness (QED) is 0.709. The lowest BCUT2D eigenvalue weighted by molar-refractivity contribution is -0.117. The van der Waals surface area contributed by atoms with Crippen LogP contribution in [0.15, 0.2) is 24.3 Å². The van der Waals surface area contributed by atoms with Gasteiger partial charge in [-0.3, -0.25) is 9.69 Å². The molecule has 0 radical (unpaired) electrons. The Labute approximate surface area is 90.7 Å². The average Bonchev–Trinajstić information content (AvgIpc) is 2.20. The van der Waals surface area contributed by atoms with Crippen LogP contribution in [0.4, 0.5) is 5.69 Å². The third-order valence-corrected chi connectivity index (χ3v) is 2.21. The van der Waals surface area contributed by atoms with E-state index in [4.69, 9.17) is 4.74 Å². The van der Waals surface area contributed by atoms with Gasteiger partial charge in [-0.1, -0.05) is 18.2 Å². The standard InChI is InChI=1S/C12H17NO2/c1-4-15-9-13(11(3)14)12-8-6-5-7-10(12)2/h5-8H,4,9H2,1-3H3. The lowest BCUT2D eigenvalue weighted by atomic mass is 10.2. The largest absolute Gasteiger partial charge is 0.361 e. The molecule has 0 bridgehead atoms. The molecule has 0 saturated heterocycles. The van der Waals surface area contributed by atoms with Gasteiger partial charge in [0.15, 0.2) is 0 Å². The molecule has 0 heterocycles. The first-order valence-electron chi connectivity index (χ1n) is 5.08. The van der Waals surface area contributed by atoms with E-state index in [2.05, 4.69) is 0 Å². The molecule has 0 N–H and O–H groups in total. The number of rotatable bonds is 4. The molecule has 15 heavy (non-hydrogen) atoms. The Morgan fingerprint density at radius 3 is 2.60 bits per heavy atom. The summed E-state index contributed by atoms with van der Waals surface area (Å²) < 4.78 is 5.27. The van der Waals surface area contributed by atoms with Gasteiger partial charge >= 0.3 is 0 Å². The topological polar surface area (TPSA) is 29.5 Å². The number of hydrogen-bond acceptors (Lipinski definition) is 2. The number of carbonyl (C=O) groups is 1. The summed E-state index contributed by atoms with van der Waals surface area (Å²) in [6.45, 7) is 6.37. The monoisotopic (exact) mass is 207 g/mol. The molecule has 3 nitrogen and oxygen atoms in total. The Morgan fingerprint density at radius 1 is 1.40 bits per heavy atom. The molecule has 1 rings (SSSR count). The maximum absolute atomic E-state index is 11.4. The molecule has 0 aliphatic carbocycles. The van der Waals surface area contributed by atoms with Crippen LogP contribution in [0.3, 0.4) is 0 Å². The predicted octanol–water partition coefficient (Wildman–Crippen LogP) is 2.34. The Bertz CT molecular complexity index is 336. The van der Waals surface area contributed by atoms with Gasteiger partial charge in [-0.2, -0.15) is 0 Å². The van der Waals surface area contributed by atoms with Crippen LogP contribution in [-0.4, -0.2) is 19.2 Å². The second-order valence-corrected chi connectivity index (χ2v) is 3.36. The highest BCUT2D eigenvalue weighted by molar-refractivity contribution is 5.91. The maximum atomic E-state index is 11.4. The summed E-state index contributed by atoms with van der Waals surface area (Å²) in [5, 5.41) is 0. The molecular formula is C12H17NO2. The van der Waals surface area contributed by atoms with Gasteiger partial charge in [0.2, 0.25) is 5.91 Å². The van der Waals surface area contributed by atoms with Crippen molar-refractivity contribution in [2.24, 2.45) is 0 Å². The van der Waals surface area contributed by atoms with Crippen molar-refractivity contribution in [1.29, 1.82) is 0 Å². The molecule has 3 heteroatoms. The van der Waals surface area contributed by atoms with Crippen LogP contribution >= 0.6 is 0 Å². The van der Waals surface area contributed by atoms with Gasteiger partial charge in [0.25, 0.3) is 0 Å². The van der Waals surface area contributed by atoms with Crippen molar-refractivity contribution in [3.8, 4) is 0 Å². The van der Waals surface area contributed by atoms with E-state index in [9.17, 15) is 4.79 Å². The third kappa shape index (κ3) is 3.06. The highest BCUT2D eigenvalue weighted by Crippen LogP contribution is 2.19. The second kappa shape index (κ2) is 5.51. The molecule has 1 aromatic carbocycles. The van der Waals surface area contributed by atoms with Crippen molar-refractivity contribution >= 4 is 11.6 Å². The van der Waals surface area contributed by atoms with Crippen molar-refractivity contribution in [3.05, 3.63) is 29.8 Å². The number of anilines is 1. The van der Waals surface area contributed by atoms with Gasteiger partial charge in [0.05, 0.1) is 0 Å². The van der Waals surface area contributed by atoms with Crippen LogP contribution in [0.25, 0.3) is 0 Å². The number of para-hydroxylation sites is 1. The first-order valence-corrected chi connectivity index (χ1v) is 5.08. The number of ether oxygens (including phenoxy) is 1. The molecule has 1 aromatic rings. The van der Waals surface area contributed by atoms with Gasteiger partial charge in [0.1, 0.15) is 6.73 Å². The predicted molar refractivity (Wildman–Crippen MR) is 60.8 cm³/mol. The van der Waals surface area contributed by atoms with Crippen LogP contribution in [0, 0.1) is 6.92 Å². The summed E-state index contributed by atoms with van der Waals surface area (Å²) in [7, 11) is 0. The highest BCUT2D eigenvalue weighted by Gasteiger charge is 2.12. The molecule has 0 aliphatic rings. The highest BCUT2D eigenvalue weighted by atomic mass is 16.5. The van der Waals surface area contributed by atoms with Crippen molar-refractivity contribution in [1.82, 2.24) is 0 Å². The van der Waals surface area contributed by atoms with E-state index in [-0.39, 0.29) is 5.91 Å². The van der Waals surface area contributed by atoms with Gasteiger partial charge in [0, 0.05) is 19.2 Å². The Kier molecular flexibility index (Phi) is 4.31. The number of aryl methyl sites for hydroxylation is 1. The van der Waals surface area contributed by atoms with Crippen molar-refractivity contribution in [2.45, 2.75) is 20.8 Å². The van der Waals surface area contributed by atoms with Crippen LogP contribution in [0.5, 0.6) is 0 Å². The van der Waals surface area contributed by atoms with E-state index in [1.54, 1.807) is 11.8 Å². The van der Waals surface area contributed by atoms with Crippen LogP contribution < -0.4 is 4.90 Å². The van der Waals surface area contributed by atoms with Crippen molar-refractivity contribution in [2.75, 3.05) is 18.2 Å². The molecule has 0 aromatic heterocycles. The molecular weight excluding hydrogens is 190 g/mol. The summed E-state index contributed by atoms with van der Waals surface area (Å²) in [5.74, 6) is -0.00208. The van der Waals surface area contributed by atoms with E-state index >= 15 is 0 Å². The lowest BCUT2D eigenvalue weighted by Crippen LogP contribution is -2.31. The summed E-state index contributed by atoms with van der Waals surface area (Å²) in [6, 6.07) is 7.79. The van der Waals surface area contributed by atoms with Gasteiger partial charge in [-0.05, 0) is 25.5 Å². The molecule has 0 fully saturated rings. The molecule has 0 saturated carbocycles. The molecule has 0 aliphatic heterocycles. The number of nitrogens with zero attached hydrogens (tertiary/aromatic N) is 1. The van der Waals surface area contributed by atoms with E-state index in [1.165, 1.54) is 0 Å². The average molecular weight is 207 g/mol. The zero-order valence-electron chi connectivity index (χ0n) is 9.49. The fraction of sp³-hybridized carbons (Fsp3) is 0.417. The zero-order valence-corrected chi connectivity index (χ0v) is 9.49. The second-order valence-electron chi connectivity index (χ2n) is 3.36. The van der Waals surface area contributed by atoms with E-state index < -0.39 is 0 Å². The fourth-order valence-corrected chi connectivity index (χ4v) is 1.38. The number of hydrogen-bond donors (Lipinski definition) is 0. The Balaban J connectivity index is 2.89. The first-order chi connectivity index (χ1) is 7.16. The molecule has 0 spiro atoms. The van der Waals surface area contributed by atoms with Gasteiger partial charge in [-0.25, -0.2) is 0 Å². The summed E-state index contributed by atoms with van der Waals surface area (Å²) in [5.41, 5.74) is 1.99. The summed E-state index contributed by atoms with van der Waals surface area (Å²) in [6.07, 6.45) is 0. The Hall–Kier alpha value is -1.35. The molecule has 0 unspecified atom stereocenters.